The highest BCUT2D eigenvalue weighted by molar-refractivity contribution is 5.98. The number of carbonyl (C=O) groups is 3. The number of nitrogens with one attached hydrogen (secondary N) is 1. The van der Waals surface area contributed by atoms with E-state index in [-0.39, 0.29) is 11.4 Å². The molecular weight excluding hydrogens is 296 g/mol. The maximum Gasteiger partial charge on any atom is 0.331 e. The monoisotopic (exact) mass is 312 g/mol. The Morgan fingerprint density at radius 2 is 2.05 bits per heavy atom. The molecule has 9 nitrogen and oxygen atoms in total. The van der Waals surface area contributed by atoms with Gasteiger partial charge in [-0.15, -0.1) is 0 Å². The minimum absolute atomic E-state index is 0.0507. The average Bonchev–Trinajstić information content (AvgIpc) is 2.50. The van der Waals surface area contributed by atoms with E-state index in [4.69, 9.17) is 4.74 Å². The van der Waals surface area contributed by atoms with Crippen LogP contribution in [0.25, 0.3) is 0 Å². The lowest BCUT2D eigenvalue weighted by atomic mass is 10.2. The first-order chi connectivity index (χ1) is 10.4. The van der Waals surface area contributed by atoms with Crippen LogP contribution in [0, 0.1) is 0 Å². The Kier molecular flexibility index (Phi) is 6.11. The van der Waals surface area contributed by atoms with E-state index < -0.39 is 36.2 Å². The number of aromatic nitrogens is 1. The molecule has 22 heavy (non-hydrogen) atoms. The maximum absolute atomic E-state index is 12.1. The van der Waals surface area contributed by atoms with Crippen molar-refractivity contribution in [2.45, 2.75) is 13.0 Å². The van der Waals surface area contributed by atoms with Crippen LogP contribution in [0.4, 0.5) is 0 Å². The normalized spacial score (nSPS) is 11.2. The van der Waals surface area contributed by atoms with Crippen molar-refractivity contribution in [1.29, 1.82) is 0 Å². The fraction of sp³-hybridized carbons (Fsp3) is 0.385. The van der Waals surface area contributed by atoms with Gasteiger partial charge in [0.15, 0.2) is 23.2 Å². The van der Waals surface area contributed by atoms with E-state index in [0.717, 1.165) is 14.0 Å². The summed E-state index contributed by atoms with van der Waals surface area (Å²) in [6.45, 7) is 0.754. The highest BCUT2D eigenvalue weighted by atomic mass is 16.5. The predicted molar refractivity (Wildman–Crippen MR) is 72.4 cm³/mol. The van der Waals surface area contributed by atoms with Crippen LogP contribution in [0.15, 0.2) is 12.3 Å². The Morgan fingerprint density at radius 3 is 2.59 bits per heavy atom. The Bertz CT molecular complexity index is 574. The molecule has 1 amide bonds. The summed E-state index contributed by atoms with van der Waals surface area (Å²) < 4.78 is 14.0. The second-order valence-electron chi connectivity index (χ2n) is 4.06. The van der Waals surface area contributed by atoms with Gasteiger partial charge in [-0.25, -0.2) is 9.78 Å². The Morgan fingerprint density at radius 1 is 1.36 bits per heavy atom. The van der Waals surface area contributed by atoms with Crippen LogP contribution < -0.4 is 10.1 Å². The second kappa shape index (κ2) is 7.81. The van der Waals surface area contributed by atoms with Crippen molar-refractivity contribution in [2.24, 2.45) is 0 Å². The van der Waals surface area contributed by atoms with Gasteiger partial charge in [-0.1, -0.05) is 0 Å². The number of nitrogens with zero attached hydrogens (tertiary/aromatic N) is 1. The van der Waals surface area contributed by atoms with E-state index in [9.17, 15) is 19.5 Å². The maximum atomic E-state index is 12.1. The van der Waals surface area contributed by atoms with Gasteiger partial charge < -0.3 is 24.6 Å². The summed E-state index contributed by atoms with van der Waals surface area (Å²) in [6.07, 6.45) is 1.26. The highest BCUT2D eigenvalue weighted by Gasteiger charge is 2.26. The third kappa shape index (κ3) is 4.33. The molecule has 1 aromatic heterocycles. The predicted octanol–water partition coefficient (Wildman–Crippen LogP) is -0.370. The number of methoxy groups -OCH3 is 2. The van der Waals surface area contributed by atoms with Crippen molar-refractivity contribution in [1.82, 2.24) is 10.3 Å². The van der Waals surface area contributed by atoms with Crippen LogP contribution >= 0.6 is 0 Å². The zero-order chi connectivity index (χ0) is 16.7. The number of amides is 1. The summed E-state index contributed by atoms with van der Waals surface area (Å²) in [7, 11) is 2.44. The molecule has 0 aliphatic heterocycles. The molecule has 1 unspecified atom stereocenters. The molecule has 0 aromatic carbocycles. The zero-order valence-corrected chi connectivity index (χ0v) is 12.3. The minimum atomic E-state index is -1.23. The molecule has 0 radical (unpaired) electrons. The van der Waals surface area contributed by atoms with Crippen LogP contribution in [-0.2, 0) is 19.1 Å². The van der Waals surface area contributed by atoms with Gasteiger partial charge in [0.2, 0.25) is 0 Å². The fourth-order valence-corrected chi connectivity index (χ4v) is 1.51. The number of rotatable bonds is 6. The van der Waals surface area contributed by atoms with E-state index in [1.807, 2.05) is 0 Å². The first kappa shape index (κ1) is 17.2. The standard InChI is InChI=1S/C13H16N2O7/c1-7(16)22-6-8(13(19)21-3)15-12(18)10-11(17)9(20-2)4-5-14-10/h4-5,8,17H,6H2,1-3H3,(H,15,18). The lowest BCUT2D eigenvalue weighted by molar-refractivity contribution is -0.148. The molecular formula is C13H16N2O7. The smallest absolute Gasteiger partial charge is 0.331 e. The summed E-state index contributed by atoms with van der Waals surface area (Å²) in [5, 5.41) is 12.1. The van der Waals surface area contributed by atoms with Crippen LogP contribution in [0.1, 0.15) is 17.4 Å². The molecule has 1 aromatic rings. The van der Waals surface area contributed by atoms with E-state index in [0.29, 0.717) is 0 Å². The summed E-state index contributed by atoms with van der Waals surface area (Å²) >= 11 is 0. The van der Waals surface area contributed by atoms with Gasteiger partial charge in [0.05, 0.1) is 14.2 Å². The van der Waals surface area contributed by atoms with E-state index in [1.54, 1.807) is 0 Å². The molecule has 1 heterocycles. The zero-order valence-electron chi connectivity index (χ0n) is 12.3. The van der Waals surface area contributed by atoms with E-state index in [2.05, 4.69) is 19.8 Å². The Balaban J connectivity index is 2.91. The third-order valence-corrected chi connectivity index (χ3v) is 2.57. The lowest BCUT2D eigenvalue weighted by Gasteiger charge is -2.16. The molecule has 0 aliphatic rings. The number of hydrogen-bond acceptors (Lipinski definition) is 8. The second-order valence-corrected chi connectivity index (χ2v) is 4.06. The largest absolute Gasteiger partial charge is 0.503 e. The fourth-order valence-electron chi connectivity index (χ4n) is 1.51. The van der Waals surface area contributed by atoms with Gasteiger partial charge in [0.1, 0.15) is 6.61 Å². The number of aromatic hydroxyl groups is 1. The van der Waals surface area contributed by atoms with Crippen LogP contribution in [0.5, 0.6) is 11.5 Å². The molecule has 0 saturated carbocycles. The first-order valence-corrected chi connectivity index (χ1v) is 6.14. The van der Waals surface area contributed by atoms with Crippen molar-refractivity contribution in [3.8, 4) is 11.5 Å². The van der Waals surface area contributed by atoms with Gasteiger partial charge in [0, 0.05) is 19.2 Å². The number of hydrogen-bond donors (Lipinski definition) is 2. The SMILES string of the molecule is COC(=O)C(COC(C)=O)NC(=O)c1nccc(OC)c1O. The van der Waals surface area contributed by atoms with E-state index >= 15 is 0 Å². The topological polar surface area (TPSA) is 124 Å². The molecule has 1 rings (SSSR count). The van der Waals surface area contributed by atoms with Crippen LogP contribution in [0.3, 0.4) is 0 Å². The molecule has 2 N–H and O–H groups in total. The molecule has 0 spiro atoms. The van der Waals surface area contributed by atoms with Crippen LogP contribution in [0.2, 0.25) is 0 Å². The molecule has 0 aliphatic carbocycles. The Hall–Kier alpha value is -2.84. The number of esters is 2. The van der Waals surface area contributed by atoms with Crippen LogP contribution in [-0.4, -0.2) is 54.8 Å². The lowest BCUT2D eigenvalue weighted by Crippen LogP contribution is -2.45. The number of carbonyl (C=O) groups excluding carboxylic acids is 3. The highest BCUT2D eigenvalue weighted by Crippen LogP contribution is 2.27. The van der Waals surface area contributed by atoms with Crippen molar-refractivity contribution < 1.29 is 33.7 Å². The summed E-state index contributed by atoms with van der Waals surface area (Å²) in [6, 6.07) is 0.136. The van der Waals surface area contributed by atoms with Gasteiger partial charge in [-0.05, 0) is 0 Å². The molecule has 0 bridgehead atoms. The van der Waals surface area contributed by atoms with Crippen molar-refractivity contribution in [2.75, 3.05) is 20.8 Å². The van der Waals surface area contributed by atoms with Gasteiger partial charge in [0.25, 0.3) is 5.91 Å². The number of ether oxygens (including phenoxy) is 3. The van der Waals surface area contributed by atoms with Gasteiger partial charge >= 0.3 is 11.9 Å². The first-order valence-electron chi connectivity index (χ1n) is 6.14. The van der Waals surface area contributed by atoms with Crippen molar-refractivity contribution >= 4 is 17.8 Å². The molecule has 0 saturated heterocycles. The summed E-state index contributed by atoms with van der Waals surface area (Å²) in [5.41, 5.74) is -0.337. The molecule has 1 atom stereocenters. The third-order valence-electron chi connectivity index (χ3n) is 2.57. The number of pyridine rings is 1. The van der Waals surface area contributed by atoms with Crippen molar-refractivity contribution in [3.05, 3.63) is 18.0 Å². The molecule has 0 fully saturated rings. The van der Waals surface area contributed by atoms with E-state index in [1.165, 1.54) is 19.4 Å². The van der Waals surface area contributed by atoms with Gasteiger partial charge in [-0.2, -0.15) is 0 Å². The van der Waals surface area contributed by atoms with Crippen molar-refractivity contribution in [3.63, 3.8) is 0 Å². The van der Waals surface area contributed by atoms with Gasteiger partial charge in [-0.3, -0.25) is 9.59 Å². The summed E-state index contributed by atoms with van der Waals surface area (Å²) in [4.78, 5) is 38.2. The molecule has 120 valence electrons. The average molecular weight is 312 g/mol. The Labute approximate surface area is 126 Å². The quantitative estimate of drug-likeness (QED) is 0.682. The minimum Gasteiger partial charge on any atom is -0.503 e. The summed E-state index contributed by atoms with van der Waals surface area (Å²) in [5.74, 6) is -2.70. The molecule has 9 heteroatoms.